The lowest BCUT2D eigenvalue weighted by atomic mass is 9.85. The van der Waals surface area contributed by atoms with Gasteiger partial charge in [0.15, 0.2) is 0 Å². The molecule has 160 valence electrons. The minimum atomic E-state index is -0.690. The lowest BCUT2D eigenvalue weighted by Gasteiger charge is -2.33. The van der Waals surface area contributed by atoms with Crippen LogP contribution in [0.5, 0.6) is 0 Å². The molecule has 1 saturated carbocycles. The Kier molecular flexibility index (Phi) is 7.41. The molecule has 29 heavy (non-hydrogen) atoms. The van der Waals surface area contributed by atoms with E-state index in [0.29, 0.717) is 12.8 Å². The fraction of sp³-hybridized carbons (Fsp3) is 0.636. The first-order valence-electron chi connectivity index (χ1n) is 10.7. The molecule has 1 aromatic rings. The molecule has 0 bridgehead atoms. The number of carbonyl (C=O) groups excluding carboxylic acids is 1. The first-order chi connectivity index (χ1) is 13.6. The molecule has 2 heterocycles. The average Bonchev–Trinajstić information content (AvgIpc) is 2.92. The lowest BCUT2D eigenvalue weighted by molar-refractivity contribution is -0.143. The molecule has 0 atom stereocenters. The second kappa shape index (κ2) is 9.81. The molecule has 1 aliphatic carbocycles. The van der Waals surface area contributed by atoms with E-state index in [1.807, 2.05) is 9.80 Å². The molecule has 6 nitrogen and oxygen atoms in total. The van der Waals surface area contributed by atoms with E-state index in [4.69, 9.17) is 5.11 Å². The maximum atomic E-state index is 12.8. The summed E-state index contributed by atoms with van der Waals surface area (Å²) in [5.41, 5.74) is 4.22. The smallest absolute Gasteiger partial charge is 0.320 e. The molecule has 7 heteroatoms. The molecule has 0 spiro atoms. The van der Waals surface area contributed by atoms with Crippen LogP contribution >= 0.6 is 12.4 Å². The molecule has 2 aliphatic heterocycles. The average molecular weight is 422 g/mol. The number of carboxylic acid groups (broad SMARTS) is 1. The normalized spacial score (nSPS) is 24.6. The number of aliphatic carboxylic acids is 1. The summed E-state index contributed by atoms with van der Waals surface area (Å²) in [4.78, 5) is 27.9. The molecule has 3 aliphatic rings. The van der Waals surface area contributed by atoms with E-state index in [1.165, 1.54) is 16.7 Å². The number of benzene rings is 1. The topological polar surface area (TPSA) is 72.9 Å². The molecule has 0 unspecified atom stereocenters. The number of hydrogen-bond acceptors (Lipinski definition) is 3. The molecule has 0 radical (unpaired) electrons. The number of halogens is 1. The number of hydrogen-bond donors (Lipinski definition) is 2. The van der Waals surface area contributed by atoms with Crippen molar-refractivity contribution in [3.05, 3.63) is 34.9 Å². The molecule has 1 aromatic carbocycles. The first kappa shape index (κ1) is 21.9. The van der Waals surface area contributed by atoms with Gasteiger partial charge >= 0.3 is 12.0 Å². The van der Waals surface area contributed by atoms with Crippen molar-refractivity contribution in [3.63, 3.8) is 0 Å². The highest BCUT2D eigenvalue weighted by Crippen LogP contribution is 2.30. The van der Waals surface area contributed by atoms with Crippen LogP contribution in [0.25, 0.3) is 0 Å². The number of urea groups is 1. The summed E-state index contributed by atoms with van der Waals surface area (Å²) in [6.45, 7) is 4.42. The van der Waals surface area contributed by atoms with Gasteiger partial charge in [0.1, 0.15) is 0 Å². The van der Waals surface area contributed by atoms with Crippen molar-refractivity contribution in [3.8, 4) is 0 Å². The molecule has 2 amide bonds. The number of rotatable bonds is 5. The van der Waals surface area contributed by atoms with Gasteiger partial charge in [-0.15, -0.1) is 12.4 Å². The second-order valence-electron chi connectivity index (χ2n) is 8.41. The van der Waals surface area contributed by atoms with Crippen LogP contribution in [-0.2, 0) is 24.1 Å². The van der Waals surface area contributed by atoms with Crippen LogP contribution in [-0.4, -0.2) is 65.7 Å². The van der Waals surface area contributed by atoms with Crippen molar-refractivity contribution in [1.29, 1.82) is 0 Å². The van der Waals surface area contributed by atoms with Crippen LogP contribution in [0.1, 0.15) is 42.4 Å². The van der Waals surface area contributed by atoms with Crippen LogP contribution in [0.3, 0.4) is 0 Å². The zero-order valence-electron chi connectivity index (χ0n) is 16.9. The standard InChI is InChI=1S/C22H31N3O3.ClH/c26-21(27)18-3-5-20(6-4-18)25-14-13-24(22(25)28)12-9-16-1-2-17-7-10-23-11-8-19(17)15-16;/h1-2,15,18,20,23H,3-14H2,(H,26,27);1H/t18-,20-;. The van der Waals surface area contributed by atoms with Crippen LogP contribution in [0.2, 0.25) is 0 Å². The van der Waals surface area contributed by atoms with Crippen LogP contribution < -0.4 is 5.32 Å². The molecule has 0 aromatic heterocycles. The van der Waals surface area contributed by atoms with Gasteiger partial charge in [0.25, 0.3) is 0 Å². The first-order valence-corrected chi connectivity index (χ1v) is 10.7. The van der Waals surface area contributed by atoms with E-state index in [0.717, 1.165) is 64.8 Å². The summed E-state index contributed by atoms with van der Waals surface area (Å²) in [5.74, 6) is -0.919. The van der Waals surface area contributed by atoms with Gasteiger partial charge in [0, 0.05) is 25.7 Å². The molecule has 2 fully saturated rings. The van der Waals surface area contributed by atoms with Crippen molar-refractivity contribution in [2.45, 2.75) is 51.0 Å². The van der Waals surface area contributed by atoms with Crippen LogP contribution in [0.4, 0.5) is 4.79 Å². The van der Waals surface area contributed by atoms with Crippen molar-refractivity contribution in [2.24, 2.45) is 5.92 Å². The molecular weight excluding hydrogens is 390 g/mol. The van der Waals surface area contributed by atoms with Crippen molar-refractivity contribution in [2.75, 3.05) is 32.7 Å². The van der Waals surface area contributed by atoms with E-state index < -0.39 is 5.97 Å². The zero-order valence-corrected chi connectivity index (χ0v) is 17.8. The van der Waals surface area contributed by atoms with Crippen molar-refractivity contribution in [1.82, 2.24) is 15.1 Å². The van der Waals surface area contributed by atoms with Gasteiger partial charge in [0.2, 0.25) is 0 Å². The minimum absolute atomic E-state index is 0. The SMILES string of the molecule is Cl.O=C1N(CCc2ccc3c(c2)CCNCC3)CCN1[C@H]1CC[C@H](C(=O)O)CC1. The Morgan fingerprint density at radius 2 is 1.79 bits per heavy atom. The second-order valence-corrected chi connectivity index (χ2v) is 8.41. The number of nitrogens with zero attached hydrogens (tertiary/aromatic N) is 2. The van der Waals surface area contributed by atoms with E-state index >= 15 is 0 Å². The Labute approximate surface area is 179 Å². The highest BCUT2D eigenvalue weighted by Gasteiger charge is 2.36. The minimum Gasteiger partial charge on any atom is -0.481 e. The maximum Gasteiger partial charge on any atom is 0.320 e. The Morgan fingerprint density at radius 1 is 1.07 bits per heavy atom. The van der Waals surface area contributed by atoms with Crippen LogP contribution in [0, 0.1) is 5.92 Å². The summed E-state index contributed by atoms with van der Waals surface area (Å²) in [5, 5.41) is 12.6. The van der Waals surface area contributed by atoms with E-state index in [2.05, 4.69) is 23.5 Å². The summed E-state index contributed by atoms with van der Waals surface area (Å²) < 4.78 is 0. The number of carboxylic acids is 1. The largest absolute Gasteiger partial charge is 0.481 e. The quantitative estimate of drug-likeness (QED) is 0.766. The Morgan fingerprint density at radius 3 is 2.52 bits per heavy atom. The van der Waals surface area contributed by atoms with Crippen molar-refractivity contribution < 1.29 is 14.7 Å². The third kappa shape index (κ3) is 5.04. The Bertz CT molecular complexity index is 734. The predicted octanol–water partition coefficient (Wildman–Crippen LogP) is 2.72. The molecule has 4 rings (SSSR count). The summed E-state index contributed by atoms with van der Waals surface area (Å²) in [6, 6.07) is 7.16. The Balaban J connectivity index is 0.00000240. The van der Waals surface area contributed by atoms with E-state index in [1.54, 1.807) is 0 Å². The number of fused-ring (bicyclic) bond motifs is 1. The predicted molar refractivity (Wildman–Crippen MR) is 115 cm³/mol. The van der Waals surface area contributed by atoms with Gasteiger partial charge in [-0.1, -0.05) is 18.2 Å². The molecule has 2 N–H and O–H groups in total. The summed E-state index contributed by atoms with van der Waals surface area (Å²) >= 11 is 0. The van der Waals surface area contributed by atoms with E-state index in [9.17, 15) is 9.59 Å². The highest BCUT2D eigenvalue weighted by molar-refractivity contribution is 5.85. The number of carbonyl (C=O) groups is 2. The maximum absolute atomic E-state index is 12.8. The van der Waals surface area contributed by atoms with Gasteiger partial charge in [-0.25, -0.2) is 4.79 Å². The summed E-state index contributed by atoms with van der Waals surface area (Å²) in [7, 11) is 0. The zero-order chi connectivity index (χ0) is 19.5. The van der Waals surface area contributed by atoms with Gasteiger partial charge < -0.3 is 20.2 Å². The van der Waals surface area contributed by atoms with Gasteiger partial charge in [-0.05, 0) is 74.7 Å². The fourth-order valence-electron chi connectivity index (χ4n) is 4.93. The molecular formula is C22H32ClN3O3. The van der Waals surface area contributed by atoms with Crippen molar-refractivity contribution >= 4 is 24.4 Å². The fourth-order valence-corrected chi connectivity index (χ4v) is 4.93. The Hall–Kier alpha value is -1.79. The monoisotopic (exact) mass is 421 g/mol. The highest BCUT2D eigenvalue weighted by atomic mass is 35.5. The molecule has 1 saturated heterocycles. The van der Waals surface area contributed by atoms with Gasteiger partial charge in [-0.3, -0.25) is 4.79 Å². The number of nitrogens with one attached hydrogen (secondary N) is 1. The van der Waals surface area contributed by atoms with E-state index in [-0.39, 0.29) is 30.4 Å². The third-order valence-corrected chi connectivity index (χ3v) is 6.70. The summed E-state index contributed by atoms with van der Waals surface area (Å²) in [6.07, 6.45) is 6.08. The van der Waals surface area contributed by atoms with Crippen LogP contribution in [0.15, 0.2) is 18.2 Å². The third-order valence-electron chi connectivity index (χ3n) is 6.70. The lowest BCUT2D eigenvalue weighted by Crippen LogP contribution is -2.42. The number of amides is 2. The van der Waals surface area contributed by atoms with Gasteiger partial charge in [-0.2, -0.15) is 0 Å². The van der Waals surface area contributed by atoms with Gasteiger partial charge in [0.05, 0.1) is 5.92 Å².